The third kappa shape index (κ3) is 3.76. The van der Waals surface area contributed by atoms with E-state index in [-0.39, 0.29) is 5.92 Å². The van der Waals surface area contributed by atoms with E-state index in [1.165, 1.54) is 0 Å². The fourth-order valence-electron chi connectivity index (χ4n) is 2.33. The normalized spacial score (nSPS) is 24.4. The first-order valence-electron chi connectivity index (χ1n) is 5.83. The van der Waals surface area contributed by atoms with Crippen molar-refractivity contribution in [1.82, 2.24) is 0 Å². The highest BCUT2D eigenvalue weighted by Gasteiger charge is 2.35. The lowest BCUT2D eigenvalue weighted by molar-refractivity contribution is 0.0577. The Labute approximate surface area is 127 Å². The predicted molar refractivity (Wildman–Crippen MR) is 77.7 cm³/mol. The van der Waals surface area contributed by atoms with E-state index in [0.717, 1.165) is 5.56 Å². The second-order valence-electron chi connectivity index (χ2n) is 4.54. The summed E-state index contributed by atoms with van der Waals surface area (Å²) in [5, 5.41) is 0.447. The molecule has 0 saturated carbocycles. The number of hydrogen-bond acceptors (Lipinski definition) is 3. The molecular formula is C12H13Cl3O3S. The molecule has 1 aromatic carbocycles. The number of hydrogen-bond donors (Lipinski definition) is 0. The molecule has 0 spiro atoms. The van der Waals surface area contributed by atoms with Crippen LogP contribution in [0.1, 0.15) is 12.0 Å². The summed E-state index contributed by atoms with van der Waals surface area (Å²) in [6.45, 7) is 0.752. The minimum atomic E-state index is -3.61. The summed E-state index contributed by atoms with van der Waals surface area (Å²) < 4.78 is 28.6. The van der Waals surface area contributed by atoms with Crippen LogP contribution in [-0.2, 0) is 20.2 Å². The molecule has 1 saturated heterocycles. The molecule has 3 nitrogen and oxygen atoms in total. The highest BCUT2D eigenvalue weighted by Crippen LogP contribution is 2.32. The maximum Gasteiger partial charge on any atom is 0.235 e. The first-order valence-corrected chi connectivity index (χ1v) is 8.96. The van der Waals surface area contributed by atoms with Gasteiger partial charge in [-0.25, -0.2) is 8.42 Å². The standard InChI is InChI=1S/C12H13Cl3O3S/c13-10-2-1-3-11(14)9(10)6-8-7-18-5-4-12(8)19(15,16)17/h1-3,8,12H,4-7H2/t8-,12-/m1/s1. The predicted octanol–water partition coefficient (Wildman–Crippen LogP) is 3.51. The zero-order chi connectivity index (χ0) is 14.0. The minimum Gasteiger partial charge on any atom is -0.381 e. The van der Waals surface area contributed by atoms with E-state index in [0.29, 0.717) is 36.1 Å². The van der Waals surface area contributed by atoms with Gasteiger partial charge in [0.15, 0.2) is 0 Å². The molecule has 0 aromatic heterocycles. The second-order valence-corrected chi connectivity index (χ2v) is 8.20. The van der Waals surface area contributed by atoms with Crippen molar-refractivity contribution in [1.29, 1.82) is 0 Å². The lowest BCUT2D eigenvalue weighted by Gasteiger charge is -2.29. The van der Waals surface area contributed by atoms with Crippen LogP contribution in [0, 0.1) is 5.92 Å². The third-order valence-corrected chi connectivity index (χ3v) is 6.03. The van der Waals surface area contributed by atoms with Crippen LogP contribution in [0.3, 0.4) is 0 Å². The van der Waals surface area contributed by atoms with Crippen molar-refractivity contribution in [3.63, 3.8) is 0 Å². The Morgan fingerprint density at radius 2 is 1.89 bits per heavy atom. The highest BCUT2D eigenvalue weighted by molar-refractivity contribution is 8.14. The first kappa shape index (κ1) is 15.4. The van der Waals surface area contributed by atoms with Crippen molar-refractivity contribution < 1.29 is 13.2 Å². The lowest BCUT2D eigenvalue weighted by Crippen LogP contribution is -2.37. The van der Waals surface area contributed by atoms with Gasteiger partial charge in [0, 0.05) is 33.3 Å². The van der Waals surface area contributed by atoms with Crippen LogP contribution < -0.4 is 0 Å². The van der Waals surface area contributed by atoms with Crippen LogP contribution in [0.15, 0.2) is 18.2 Å². The van der Waals surface area contributed by atoms with Crippen molar-refractivity contribution in [3.8, 4) is 0 Å². The van der Waals surface area contributed by atoms with Crippen LogP contribution in [0.4, 0.5) is 0 Å². The largest absolute Gasteiger partial charge is 0.381 e. The van der Waals surface area contributed by atoms with Gasteiger partial charge >= 0.3 is 0 Å². The van der Waals surface area contributed by atoms with E-state index >= 15 is 0 Å². The summed E-state index contributed by atoms with van der Waals surface area (Å²) in [6, 6.07) is 5.22. The summed E-state index contributed by atoms with van der Waals surface area (Å²) >= 11 is 12.2. The van der Waals surface area contributed by atoms with Crippen LogP contribution in [0.5, 0.6) is 0 Å². The van der Waals surface area contributed by atoms with Crippen molar-refractivity contribution in [2.75, 3.05) is 13.2 Å². The topological polar surface area (TPSA) is 43.4 Å². The Balaban J connectivity index is 2.25. The molecule has 1 heterocycles. The Kier molecular flexibility index (Phi) is 5.01. The molecule has 1 aliphatic rings. The van der Waals surface area contributed by atoms with Crippen LogP contribution >= 0.6 is 33.9 Å². The molecule has 106 valence electrons. The van der Waals surface area contributed by atoms with E-state index < -0.39 is 14.3 Å². The molecule has 0 amide bonds. The summed E-state index contributed by atoms with van der Waals surface area (Å²) in [4.78, 5) is 0. The molecule has 2 rings (SSSR count). The zero-order valence-corrected chi connectivity index (χ0v) is 13.1. The summed E-state index contributed by atoms with van der Waals surface area (Å²) in [6.07, 6.45) is 0.841. The van der Waals surface area contributed by atoms with Crippen LogP contribution in [0.2, 0.25) is 10.0 Å². The molecule has 0 radical (unpaired) electrons. The van der Waals surface area contributed by atoms with Crippen molar-refractivity contribution in [2.24, 2.45) is 5.92 Å². The maximum atomic E-state index is 11.6. The minimum absolute atomic E-state index is 0.228. The molecule has 2 atom stereocenters. The average molecular weight is 344 g/mol. The lowest BCUT2D eigenvalue weighted by atomic mass is 9.93. The molecule has 1 aliphatic heterocycles. The van der Waals surface area contributed by atoms with E-state index in [1.807, 2.05) is 0 Å². The number of benzene rings is 1. The fraction of sp³-hybridized carbons (Fsp3) is 0.500. The molecular weight excluding hydrogens is 331 g/mol. The van der Waals surface area contributed by atoms with Crippen LogP contribution in [0.25, 0.3) is 0 Å². The first-order chi connectivity index (χ1) is 8.89. The number of ether oxygens (including phenoxy) is 1. The summed E-state index contributed by atoms with van der Waals surface area (Å²) in [7, 11) is 1.89. The van der Waals surface area contributed by atoms with Gasteiger partial charge in [0.25, 0.3) is 0 Å². The smallest absolute Gasteiger partial charge is 0.235 e. The van der Waals surface area contributed by atoms with E-state index in [1.54, 1.807) is 18.2 Å². The summed E-state index contributed by atoms with van der Waals surface area (Å²) in [5.41, 5.74) is 0.742. The maximum absolute atomic E-state index is 11.6. The molecule has 1 aromatic rings. The van der Waals surface area contributed by atoms with Gasteiger partial charge in [-0.1, -0.05) is 29.3 Å². The van der Waals surface area contributed by atoms with Gasteiger partial charge in [0.05, 0.1) is 11.9 Å². The Morgan fingerprint density at radius 3 is 2.47 bits per heavy atom. The Bertz CT molecular complexity index is 539. The number of rotatable bonds is 3. The van der Waals surface area contributed by atoms with Gasteiger partial charge in [-0.3, -0.25) is 0 Å². The molecule has 0 unspecified atom stereocenters. The van der Waals surface area contributed by atoms with Gasteiger partial charge in [-0.15, -0.1) is 0 Å². The fourth-order valence-corrected chi connectivity index (χ4v) is 4.60. The quantitative estimate of drug-likeness (QED) is 0.789. The van der Waals surface area contributed by atoms with Crippen molar-refractivity contribution >= 4 is 42.9 Å². The van der Waals surface area contributed by atoms with E-state index in [9.17, 15) is 8.42 Å². The van der Waals surface area contributed by atoms with E-state index in [4.69, 9.17) is 38.6 Å². The molecule has 0 bridgehead atoms. The highest BCUT2D eigenvalue weighted by atomic mass is 35.7. The van der Waals surface area contributed by atoms with Gasteiger partial charge < -0.3 is 4.74 Å². The zero-order valence-electron chi connectivity index (χ0n) is 9.98. The van der Waals surface area contributed by atoms with Gasteiger partial charge in [0.2, 0.25) is 9.05 Å². The van der Waals surface area contributed by atoms with Gasteiger partial charge in [-0.2, -0.15) is 0 Å². The monoisotopic (exact) mass is 342 g/mol. The molecule has 19 heavy (non-hydrogen) atoms. The second kappa shape index (κ2) is 6.19. The van der Waals surface area contributed by atoms with Gasteiger partial charge in [0.1, 0.15) is 0 Å². The van der Waals surface area contributed by atoms with Crippen LogP contribution in [-0.4, -0.2) is 26.9 Å². The van der Waals surface area contributed by atoms with Gasteiger partial charge in [-0.05, 0) is 30.5 Å². The third-order valence-electron chi connectivity index (χ3n) is 3.29. The Morgan fingerprint density at radius 1 is 1.26 bits per heavy atom. The van der Waals surface area contributed by atoms with Crippen molar-refractivity contribution in [3.05, 3.63) is 33.8 Å². The molecule has 7 heteroatoms. The molecule has 0 N–H and O–H groups in total. The van der Waals surface area contributed by atoms with E-state index in [2.05, 4.69) is 0 Å². The van der Waals surface area contributed by atoms with Crippen molar-refractivity contribution in [2.45, 2.75) is 18.1 Å². The summed E-state index contributed by atoms with van der Waals surface area (Å²) in [5.74, 6) is -0.228. The molecule has 0 aliphatic carbocycles. The SMILES string of the molecule is O=S(=O)(Cl)[C@@H]1CCOC[C@H]1Cc1c(Cl)cccc1Cl. The number of halogens is 3. The Hall–Kier alpha value is -0.000000000000000167. The molecule has 1 fully saturated rings. The average Bonchev–Trinajstić information content (AvgIpc) is 2.33.